The lowest BCUT2D eigenvalue weighted by molar-refractivity contribution is 0.792. The molecule has 0 amide bonds. The van der Waals surface area contributed by atoms with E-state index < -0.39 is 0 Å². The molecule has 0 saturated heterocycles. The summed E-state index contributed by atoms with van der Waals surface area (Å²) < 4.78 is 0. The van der Waals surface area contributed by atoms with Gasteiger partial charge in [0.05, 0.1) is 11.7 Å². The lowest BCUT2D eigenvalue weighted by Gasteiger charge is -2.35. The molecule has 9 aromatic carbocycles. The quantitative estimate of drug-likeness (QED) is 0.117. The minimum atomic E-state index is 0.0932. The van der Waals surface area contributed by atoms with Gasteiger partial charge in [0.25, 0.3) is 0 Å². The number of nitrogens with zero attached hydrogens (tertiary/aromatic N) is 1. The molecule has 1 nitrogen and oxygen atoms in total. The number of fused-ring (bicyclic) bond motifs is 6. The average Bonchev–Trinajstić information content (AvgIpc) is 3.29. The van der Waals surface area contributed by atoms with Crippen LogP contribution in [0, 0.1) is 0 Å². The van der Waals surface area contributed by atoms with Gasteiger partial charge in [-0.3, -0.25) is 0 Å². The fourth-order valence-corrected chi connectivity index (χ4v) is 8.89. The predicted molar refractivity (Wildman–Crippen MR) is 251 cm³/mol. The van der Waals surface area contributed by atoms with Crippen LogP contribution in [0.15, 0.2) is 195 Å². The van der Waals surface area contributed by atoms with Crippen LogP contribution in [-0.2, 0) is 0 Å². The van der Waals surface area contributed by atoms with Gasteiger partial charge < -0.3 is 4.90 Å². The highest BCUT2D eigenvalue weighted by Crippen LogP contribution is 2.44. The van der Waals surface area contributed by atoms with Gasteiger partial charge in [-0.25, -0.2) is 0 Å². The van der Waals surface area contributed by atoms with Gasteiger partial charge >= 0.3 is 0 Å². The summed E-state index contributed by atoms with van der Waals surface area (Å²) in [7, 11) is 0. The van der Waals surface area contributed by atoms with Crippen LogP contribution in [-0.4, -0.2) is 6.04 Å². The summed E-state index contributed by atoms with van der Waals surface area (Å²) in [6, 6.07) is 60.0. The molecule has 0 saturated carbocycles. The third-order valence-electron chi connectivity index (χ3n) is 11.5. The third-order valence-corrected chi connectivity index (χ3v) is 11.5. The zero-order valence-corrected chi connectivity index (χ0v) is 32.6. The van der Waals surface area contributed by atoms with Crippen molar-refractivity contribution in [2.24, 2.45) is 0 Å². The maximum atomic E-state index is 4.14. The molecule has 9 aromatic rings. The zero-order chi connectivity index (χ0) is 38.9. The van der Waals surface area contributed by atoms with Gasteiger partial charge in [0.1, 0.15) is 0 Å². The van der Waals surface area contributed by atoms with Crippen molar-refractivity contribution in [3.8, 4) is 11.1 Å². The number of anilines is 2. The molecule has 0 aliphatic heterocycles. The second-order valence-corrected chi connectivity index (χ2v) is 14.5. The number of rotatable bonds is 7. The van der Waals surface area contributed by atoms with Gasteiger partial charge in [-0.1, -0.05) is 191 Å². The Labute approximate surface area is 335 Å². The monoisotopic (exact) mass is 731 g/mol. The minimum absolute atomic E-state index is 0.0932. The summed E-state index contributed by atoms with van der Waals surface area (Å²) in [5.41, 5.74) is 9.51. The first kappa shape index (κ1) is 35.7. The summed E-state index contributed by atoms with van der Waals surface area (Å²) in [6.45, 7) is 12.3. The van der Waals surface area contributed by atoms with Crippen LogP contribution in [0.4, 0.5) is 11.4 Å². The Balaban J connectivity index is 0.00000208. The summed E-state index contributed by atoms with van der Waals surface area (Å²) in [5.74, 6) is 0. The van der Waals surface area contributed by atoms with Gasteiger partial charge in [-0.05, 0) is 113 Å². The molecule has 1 aliphatic carbocycles. The Kier molecular flexibility index (Phi) is 9.58. The summed E-state index contributed by atoms with van der Waals surface area (Å²) in [6.07, 6.45) is 12.0. The van der Waals surface area contributed by atoms with Crippen LogP contribution >= 0.6 is 0 Å². The topological polar surface area (TPSA) is 3.24 Å². The van der Waals surface area contributed by atoms with E-state index in [-0.39, 0.29) is 6.04 Å². The standard InChI is InChI=1S/C54H39N.C2H6/c1-3-36-34-52(50-23-13-11-21-48(50)44(36)4-2)37-25-29-42(30-26-37)55(54-46-19-9-6-15-39(46)33-40-16-7-10-20-47(40)54)43-31-27-38(28-32-43)53-35-41-17-5-8-18-45(41)49-22-12-14-24-51(49)53;1-2/h3-31,33-35,43H,1-2,32H2;1-2H3. The van der Waals surface area contributed by atoms with E-state index in [1.54, 1.807) is 0 Å². The fraction of sp³-hybridized carbons (Fsp3) is 0.0714. The SMILES string of the molecule is C=Cc1cc(-c2ccc(N(c3c4ccccc4cc4ccccc34)C3C=CC(c4cc5ccccc5c5ccccc45)=CC3)cc2)c2ccccc2c1C=C.CC. The Morgan fingerprint density at radius 3 is 1.61 bits per heavy atom. The van der Waals surface area contributed by atoms with E-state index in [0.29, 0.717) is 0 Å². The van der Waals surface area contributed by atoms with Crippen molar-refractivity contribution in [2.45, 2.75) is 26.3 Å². The molecule has 0 heterocycles. The van der Waals surface area contributed by atoms with Crippen LogP contribution in [0.5, 0.6) is 0 Å². The Hall–Kier alpha value is -6.96. The van der Waals surface area contributed by atoms with Crippen molar-refractivity contribution < 1.29 is 0 Å². The maximum Gasteiger partial charge on any atom is 0.0575 e. The average molecular weight is 732 g/mol. The van der Waals surface area contributed by atoms with Crippen LogP contribution in [0.25, 0.3) is 82.7 Å². The van der Waals surface area contributed by atoms with E-state index >= 15 is 0 Å². The Morgan fingerprint density at radius 1 is 0.509 bits per heavy atom. The summed E-state index contributed by atoms with van der Waals surface area (Å²) in [5, 5.41) is 12.5. The zero-order valence-electron chi connectivity index (χ0n) is 32.6. The number of hydrogen-bond acceptors (Lipinski definition) is 1. The molecule has 274 valence electrons. The van der Waals surface area contributed by atoms with E-state index in [9.17, 15) is 0 Å². The predicted octanol–water partition coefficient (Wildman–Crippen LogP) is 16.0. The largest absolute Gasteiger partial charge is 0.333 e. The van der Waals surface area contributed by atoms with Crippen molar-refractivity contribution >= 4 is 83.0 Å². The van der Waals surface area contributed by atoms with Crippen molar-refractivity contribution in [1.82, 2.24) is 0 Å². The van der Waals surface area contributed by atoms with Gasteiger partial charge in [0.2, 0.25) is 0 Å². The number of allylic oxidation sites excluding steroid dienone is 2. The van der Waals surface area contributed by atoms with Gasteiger partial charge in [0.15, 0.2) is 0 Å². The highest BCUT2D eigenvalue weighted by molar-refractivity contribution is 6.14. The van der Waals surface area contributed by atoms with Crippen molar-refractivity contribution in [1.29, 1.82) is 0 Å². The van der Waals surface area contributed by atoms with Crippen molar-refractivity contribution in [2.75, 3.05) is 4.90 Å². The molecular formula is C56H45N. The van der Waals surface area contributed by atoms with E-state index in [1.807, 2.05) is 26.0 Å². The molecule has 0 spiro atoms. The first-order chi connectivity index (χ1) is 28.2. The first-order valence-electron chi connectivity index (χ1n) is 20.1. The van der Waals surface area contributed by atoms with Crippen LogP contribution < -0.4 is 4.90 Å². The molecule has 0 aromatic heterocycles. The molecule has 57 heavy (non-hydrogen) atoms. The molecule has 0 radical (unpaired) electrons. The molecular weight excluding hydrogens is 687 g/mol. The number of benzene rings is 9. The van der Waals surface area contributed by atoms with E-state index in [1.165, 1.54) is 81.8 Å². The molecule has 1 heteroatoms. The van der Waals surface area contributed by atoms with Gasteiger partial charge in [0, 0.05) is 16.5 Å². The second kappa shape index (κ2) is 15.3. The summed E-state index contributed by atoms with van der Waals surface area (Å²) >= 11 is 0. The van der Waals surface area contributed by atoms with E-state index in [4.69, 9.17) is 0 Å². The first-order valence-corrected chi connectivity index (χ1v) is 20.1. The molecule has 1 atom stereocenters. The van der Waals surface area contributed by atoms with Gasteiger partial charge in [-0.2, -0.15) is 0 Å². The lowest BCUT2D eigenvalue weighted by atomic mass is 9.89. The second-order valence-electron chi connectivity index (χ2n) is 14.5. The van der Waals surface area contributed by atoms with Crippen LogP contribution in [0.1, 0.15) is 37.0 Å². The normalized spacial score (nSPS) is 13.7. The lowest BCUT2D eigenvalue weighted by Crippen LogP contribution is -2.30. The smallest absolute Gasteiger partial charge is 0.0575 e. The maximum absolute atomic E-state index is 4.14. The van der Waals surface area contributed by atoms with E-state index in [2.05, 4.69) is 200 Å². The third kappa shape index (κ3) is 6.22. The number of hydrogen-bond donors (Lipinski definition) is 0. The molecule has 0 bridgehead atoms. The molecule has 1 aliphatic rings. The van der Waals surface area contributed by atoms with Crippen molar-refractivity contribution in [3.63, 3.8) is 0 Å². The van der Waals surface area contributed by atoms with Crippen LogP contribution in [0.3, 0.4) is 0 Å². The minimum Gasteiger partial charge on any atom is -0.333 e. The van der Waals surface area contributed by atoms with Gasteiger partial charge in [-0.15, -0.1) is 0 Å². The van der Waals surface area contributed by atoms with E-state index in [0.717, 1.165) is 23.2 Å². The molecule has 0 N–H and O–H groups in total. The molecule has 0 fully saturated rings. The Morgan fingerprint density at radius 2 is 1.04 bits per heavy atom. The summed E-state index contributed by atoms with van der Waals surface area (Å²) in [4.78, 5) is 2.57. The van der Waals surface area contributed by atoms with Crippen LogP contribution in [0.2, 0.25) is 0 Å². The highest BCUT2D eigenvalue weighted by Gasteiger charge is 2.25. The molecule has 1 unspecified atom stereocenters. The Bertz CT molecular complexity index is 3000. The fourth-order valence-electron chi connectivity index (χ4n) is 8.89. The van der Waals surface area contributed by atoms with Crippen molar-refractivity contribution in [3.05, 3.63) is 212 Å². The highest BCUT2D eigenvalue weighted by atomic mass is 15.2. The molecule has 10 rings (SSSR count).